The van der Waals surface area contributed by atoms with Crippen molar-refractivity contribution in [2.75, 3.05) is 24.1 Å². The lowest BCUT2D eigenvalue weighted by molar-refractivity contribution is 0.0717. The summed E-state index contributed by atoms with van der Waals surface area (Å²) in [6.07, 6.45) is 3.44. The van der Waals surface area contributed by atoms with Gasteiger partial charge in [0.25, 0.3) is 5.91 Å². The smallest absolute Gasteiger partial charge is 0.254 e. The van der Waals surface area contributed by atoms with E-state index in [4.69, 9.17) is 5.73 Å². The molecule has 6 heteroatoms. The number of anilines is 2. The Hall–Kier alpha value is -2.63. The first-order valence-corrected chi connectivity index (χ1v) is 7.83. The number of piperidine rings is 1. The summed E-state index contributed by atoms with van der Waals surface area (Å²) in [5.41, 5.74) is 8.09. The number of nitrogen functional groups attached to an aromatic ring is 1. The lowest BCUT2D eigenvalue weighted by Crippen LogP contribution is -2.42. The third-order valence-electron chi connectivity index (χ3n) is 4.20. The van der Waals surface area contributed by atoms with Crippen LogP contribution in [0.4, 0.5) is 11.5 Å². The number of rotatable bonds is 3. The first-order chi connectivity index (χ1) is 11.1. The van der Waals surface area contributed by atoms with E-state index < -0.39 is 0 Å². The third-order valence-corrected chi connectivity index (χ3v) is 4.20. The highest BCUT2D eigenvalue weighted by Crippen LogP contribution is 2.20. The van der Waals surface area contributed by atoms with Crippen LogP contribution in [0.1, 0.15) is 28.8 Å². The van der Waals surface area contributed by atoms with Gasteiger partial charge in [0.05, 0.1) is 0 Å². The second-order valence-electron chi connectivity index (χ2n) is 5.89. The highest BCUT2D eigenvalue weighted by atomic mass is 16.2. The summed E-state index contributed by atoms with van der Waals surface area (Å²) in [6, 6.07) is 9.56. The van der Waals surface area contributed by atoms with E-state index in [0.29, 0.717) is 17.3 Å². The van der Waals surface area contributed by atoms with Gasteiger partial charge in [-0.3, -0.25) is 4.79 Å². The number of nitrogens with one attached hydrogen (secondary N) is 1. The van der Waals surface area contributed by atoms with Crippen LogP contribution >= 0.6 is 0 Å². The van der Waals surface area contributed by atoms with Gasteiger partial charge in [-0.2, -0.15) is 5.10 Å². The Bertz CT molecular complexity index is 681. The van der Waals surface area contributed by atoms with Crippen molar-refractivity contribution in [3.05, 3.63) is 47.7 Å². The molecule has 0 aliphatic carbocycles. The highest BCUT2D eigenvalue weighted by Gasteiger charge is 2.24. The fraction of sp³-hybridized carbons (Fsp3) is 0.353. The molecule has 0 atom stereocenters. The number of benzene rings is 1. The van der Waals surface area contributed by atoms with Gasteiger partial charge < -0.3 is 16.0 Å². The predicted octanol–water partition coefficient (Wildman–Crippen LogP) is 2.08. The SMILES string of the molecule is Cc1ccc(N)cc1C(=O)N1CCC(Nc2cccnn2)CC1. The van der Waals surface area contributed by atoms with Crippen molar-refractivity contribution in [2.24, 2.45) is 0 Å². The molecule has 1 saturated heterocycles. The topological polar surface area (TPSA) is 84.1 Å². The molecule has 120 valence electrons. The van der Waals surface area contributed by atoms with E-state index in [9.17, 15) is 4.79 Å². The van der Waals surface area contributed by atoms with E-state index in [2.05, 4.69) is 15.5 Å². The van der Waals surface area contributed by atoms with Crippen molar-refractivity contribution in [3.63, 3.8) is 0 Å². The second kappa shape index (κ2) is 6.64. The maximum absolute atomic E-state index is 12.7. The fourth-order valence-corrected chi connectivity index (χ4v) is 2.85. The van der Waals surface area contributed by atoms with Crippen LogP contribution in [0, 0.1) is 6.92 Å². The molecule has 23 heavy (non-hydrogen) atoms. The Kier molecular flexibility index (Phi) is 4.41. The van der Waals surface area contributed by atoms with Crippen LogP contribution in [-0.2, 0) is 0 Å². The Morgan fingerprint density at radius 3 is 2.78 bits per heavy atom. The molecule has 1 aliphatic heterocycles. The normalized spacial score (nSPS) is 15.4. The zero-order valence-corrected chi connectivity index (χ0v) is 13.2. The Balaban J connectivity index is 1.60. The van der Waals surface area contributed by atoms with Crippen molar-refractivity contribution in [1.82, 2.24) is 15.1 Å². The maximum atomic E-state index is 12.7. The van der Waals surface area contributed by atoms with Crippen molar-refractivity contribution in [1.29, 1.82) is 0 Å². The Morgan fingerprint density at radius 2 is 2.09 bits per heavy atom. The number of hydrogen-bond donors (Lipinski definition) is 2. The first-order valence-electron chi connectivity index (χ1n) is 7.83. The quantitative estimate of drug-likeness (QED) is 0.848. The minimum Gasteiger partial charge on any atom is -0.399 e. The number of likely N-dealkylation sites (tertiary alicyclic amines) is 1. The van der Waals surface area contributed by atoms with Gasteiger partial charge in [0.15, 0.2) is 0 Å². The van der Waals surface area contributed by atoms with Crippen LogP contribution in [0.5, 0.6) is 0 Å². The van der Waals surface area contributed by atoms with Gasteiger partial charge in [-0.1, -0.05) is 6.07 Å². The summed E-state index contributed by atoms with van der Waals surface area (Å²) in [5, 5.41) is 11.3. The molecule has 1 aromatic carbocycles. The molecule has 3 rings (SSSR count). The van der Waals surface area contributed by atoms with E-state index in [1.807, 2.05) is 36.1 Å². The molecule has 2 aromatic rings. The van der Waals surface area contributed by atoms with Crippen LogP contribution in [0.15, 0.2) is 36.5 Å². The van der Waals surface area contributed by atoms with Crippen molar-refractivity contribution >= 4 is 17.4 Å². The molecular weight excluding hydrogens is 290 g/mol. The van der Waals surface area contributed by atoms with Gasteiger partial charge in [-0.05, 0) is 49.6 Å². The molecule has 1 aromatic heterocycles. The summed E-state index contributed by atoms with van der Waals surface area (Å²) >= 11 is 0. The number of nitrogens with two attached hydrogens (primary N) is 1. The zero-order valence-electron chi connectivity index (χ0n) is 13.2. The number of amides is 1. The van der Waals surface area contributed by atoms with Crippen LogP contribution in [0.25, 0.3) is 0 Å². The van der Waals surface area contributed by atoms with Crippen LogP contribution in [0.2, 0.25) is 0 Å². The molecule has 2 heterocycles. The Morgan fingerprint density at radius 1 is 1.30 bits per heavy atom. The van der Waals surface area contributed by atoms with Crippen molar-refractivity contribution < 1.29 is 4.79 Å². The summed E-state index contributed by atoms with van der Waals surface area (Å²) in [6.45, 7) is 3.39. The van der Waals surface area contributed by atoms with Gasteiger partial charge >= 0.3 is 0 Å². The number of carbonyl (C=O) groups excluding carboxylic acids is 1. The van der Waals surface area contributed by atoms with Crippen molar-refractivity contribution in [2.45, 2.75) is 25.8 Å². The standard InChI is InChI=1S/C17H21N5O/c1-12-4-5-13(18)11-15(12)17(23)22-9-6-14(7-10-22)20-16-3-2-8-19-21-16/h2-5,8,11,14H,6-7,9-10,18H2,1H3,(H,20,21). The molecule has 0 bridgehead atoms. The van der Waals surface area contributed by atoms with Gasteiger partial charge in [-0.15, -0.1) is 5.10 Å². The highest BCUT2D eigenvalue weighted by molar-refractivity contribution is 5.96. The number of hydrogen-bond acceptors (Lipinski definition) is 5. The van der Waals surface area contributed by atoms with E-state index in [0.717, 1.165) is 37.3 Å². The lowest BCUT2D eigenvalue weighted by Gasteiger charge is -2.33. The number of nitrogens with zero attached hydrogens (tertiary/aromatic N) is 3. The number of carbonyl (C=O) groups is 1. The first kappa shape index (κ1) is 15.3. The minimum atomic E-state index is 0.0627. The van der Waals surface area contributed by atoms with E-state index in [1.54, 1.807) is 12.3 Å². The molecule has 6 nitrogen and oxygen atoms in total. The van der Waals surface area contributed by atoms with Gasteiger partial charge in [0, 0.05) is 36.6 Å². The average molecular weight is 311 g/mol. The molecule has 0 unspecified atom stereocenters. The second-order valence-corrected chi connectivity index (χ2v) is 5.89. The van der Waals surface area contributed by atoms with Crippen molar-refractivity contribution in [3.8, 4) is 0 Å². The zero-order chi connectivity index (χ0) is 16.2. The fourth-order valence-electron chi connectivity index (χ4n) is 2.85. The third kappa shape index (κ3) is 3.59. The summed E-state index contributed by atoms with van der Waals surface area (Å²) in [5.74, 6) is 0.844. The number of aromatic nitrogens is 2. The Labute approximate surface area is 135 Å². The van der Waals surface area contributed by atoms with E-state index >= 15 is 0 Å². The molecule has 0 radical (unpaired) electrons. The van der Waals surface area contributed by atoms with Crippen LogP contribution in [0.3, 0.4) is 0 Å². The summed E-state index contributed by atoms with van der Waals surface area (Å²) in [7, 11) is 0. The molecule has 3 N–H and O–H groups in total. The molecule has 0 spiro atoms. The predicted molar refractivity (Wildman–Crippen MR) is 90.2 cm³/mol. The summed E-state index contributed by atoms with van der Waals surface area (Å²) < 4.78 is 0. The van der Waals surface area contributed by atoms with Crippen LogP contribution < -0.4 is 11.1 Å². The molecular formula is C17H21N5O. The largest absolute Gasteiger partial charge is 0.399 e. The lowest BCUT2D eigenvalue weighted by atomic mass is 10.0. The molecule has 1 amide bonds. The van der Waals surface area contributed by atoms with Crippen LogP contribution in [-0.4, -0.2) is 40.1 Å². The van der Waals surface area contributed by atoms with Gasteiger partial charge in [-0.25, -0.2) is 0 Å². The molecule has 1 fully saturated rings. The molecule has 1 aliphatic rings. The maximum Gasteiger partial charge on any atom is 0.254 e. The monoisotopic (exact) mass is 311 g/mol. The van der Waals surface area contributed by atoms with E-state index in [-0.39, 0.29) is 5.91 Å². The van der Waals surface area contributed by atoms with Gasteiger partial charge in [0.1, 0.15) is 5.82 Å². The number of aryl methyl sites for hydroxylation is 1. The summed E-state index contributed by atoms with van der Waals surface area (Å²) in [4.78, 5) is 14.6. The van der Waals surface area contributed by atoms with E-state index in [1.165, 1.54) is 0 Å². The van der Waals surface area contributed by atoms with Gasteiger partial charge in [0.2, 0.25) is 0 Å². The average Bonchev–Trinajstić information content (AvgIpc) is 2.58. The molecule has 0 saturated carbocycles. The minimum absolute atomic E-state index is 0.0627.